The van der Waals surface area contributed by atoms with E-state index in [1.165, 1.54) is 5.56 Å². The Morgan fingerprint density at radius 2 is 2.12 bits per heavy atom. The van der Waals surface area contributed by atoms with Gasteiger partial charge in [-0.2, -0.15) is 0 Å². The highest BCUT2D eigenvalue weighted by Crippen LogP contribution is 2.33. The van der Waals surface area contributed by atoms with Crippen LogP contribution in [0.4, 0.5) is 0 Å². The second kappa shape index (κ2) is 6.07. The van der Waals surface area contributed by atoms with Gasteiger partial charge in [-0.05, 0) is 19.7 Å². The Kier molecular flexibility index (Phi) is 4.45. The van der Waals surface area contributed by atoms with Crippen molar-refractivity contribution in [1.29, 1.82) is 0 Å². The third kappa shape index (κ3) is 3.75. The number of rotatable bonds is 4. The maximum atomic E-state index is 4.54. The summed E-state index contributed by atoms with van der Waals surface area (Å²) < 4.78 is 0. The highest BCUT2D eigenvalue weighted by Gasteiger charge is 2.20. The van der Waals surface area contributed by atoms with E-state index in [0.717, 1.165) is 24.8 Å². The number of thioether (sulfide) groups is 1. The van der Waals surface area contributed by atoms with Crippen LogP contribution in [0.5, 0.6) is 0 Å². The van der Waals surface area contributed by atoms with E-state index in [4.69, 9.17) is 0 Å². The molecule has 3 nitrogen and oxygen atoms in total. The predicted molar refractivity (Wildman–Crippen MR) is 75.6 cm³/mol. The fourth-order valence-corrected chi connectivity index (χ4v) is 2.75. The Labute approximate surface area is 107 Å². The summed E-state index contributed by atoms with van der Waals surface area (Å²) in [6.45, 7) is 2.88. The number of nitrogens with zero attached hydrogens (tertiary/aromatic N) is 2. The number of nitrogens with one attached hydrogen (secondary N) is 1. The predicted octanol–water partition coefficient (Wildman–Crippen LogP) is 1.98. The minimum atomic E-state index is 0.484. The lowest BCUT2D eigenvalue weighted by atomic mass is 10.1. The Bertz CT molecular complexity index is 376. The molecule has 0 aromatic heterocycles. The zero-order valence-electron chi connectivity index (χ0n) is 10.4. The van der Waals surface area contributed by atoms with Crippen molar-refractivity contribution in [2.45, 2.75) is 5.25 Å². The van der Waals surface area contributed by atoms with E-state index in [1.807, 2.05) is 11.8 Å². The second-order valence-electron chi connectivity index (χ2n) is 4.39. The maximum absolute atomic E-state index is 4.54. The monoisotopic (exact) mass is 249 g/mol. The van der Waals surface area contributed by atoms with Gasteiger partial charge in [0.1, 0.15) is 0 Å². The molecule has 92 valence electrons. The Morgan fingerprint density at radius 1 is 1.35 bits per heavy atom. The average molecular weight is 249 g/mol. The van der Waals surface area contributed by atoms with E-state index in [1.54, 1.807) is 0 Å². The average Bonchev–Trinajstić information content (AvgIpc) is 2.78. The highest BCUT2D eigenvalue weighted by molar-refractivity contribution is 8.14. The summed E-state index contributed by atoms with van der Waals surface area (Å²) in [5.41, 5.74) is 1.37. The van der Waals surface area contributed by atoms with Crippen LogP contribution < -0.4 is 5.32 Å². The van der Waals surface area contributed by atoms with Gasteiger partial charge in [0.2, 0.25) is 0 Å². The summed E-state index contributed by atoms with van der Waals surface area (Å²) in [4.78, 5) is 6.71. The quantitative estimate of drug-likeness (QED) is 0.884. The SMILES string of the molecule is CN(C)CCNC1=NCC(c2ccccc2)S1. The molecule has 17 heavy (non-hydrogen) atoms. The molecule has 0 spiro atoms. The molecule has 1 atom stereocenters. The van der Waals surface area contributed by atoms with Crippen molar-refractivity contribution in [3.8, 4) is 0 Å². The van der Waals surface area contributed by atoms with Gasteiger partial charge < -0.3 is 10.2 Å². The molecule has 1 heterocycles. The first kappa shape index (κ1) is 12.5. The van der Waals surface area contributed by atoms with Gasteiger partial charge in [0.25, 0.3) is 0 Å². The molecule has 0 amide bonds. The molecule has 2 rings (SSSR count). The number of amidine groups is 1. The van der Waals surface area contributed by atoms with Crippen LogP contribution >= 0.6 is 11.8 Å². The van der Waals surface area contributed by atoms with Crippen LogP contribution in [0.1, 0.15) is 10.8 Å². The lowest BCUT2D eigenvalue weighted by Crippen LogP contribution is -2.29. The molecule has 1 aromatic rings. The van der Waals surface area contributed by atoms with Crippen molar-refractivity contribution in [2.24, 2.45) is 4.99 Å². The van der Waals surface area contributed by atoms with Crippen LogP contribution in [0, 0.1) is 0 Å². The fraction of sp³-hybridized carbons (Fsp3) is 0.462. The van der Waals surface area contributed by atoms with Gasteiger partial charge in [0, 0.05) is 13.1 Å². The van der Waals surface area contributed by atoms with Gasteiger partial charge in [-0.15, -0.1) is 0 Å². The van der Waals surface area contributed by atoms with Gasteiger partial charge in [-0.25, -0.2) is 0 Å². The molecule has 0 bridgehead atoms. The third-order valence-corrected chi connectivity index (χ3v) is 3.86. The van der Waals surface area contributed by atoms with Gasteiger partial charge >= 0.3 is 0 Å². The van der Waals surface area contributed by atoms with Crippen LogP contribution in [-0.2, 0) is 0 Å². The number of aliphatic imine (C=N–C) groups is 1. The van der Waals surface area contributed by atoms with Gasteiger partial charge in [-0.1, -0.05) is 42.1 Å². The lowest BCUT2D eigenvalue weighted by Gasteiger charge is -2.12. The zero-order valence-corrected chi connectivity index (χ0v) is 11.2. The molecule has 1 unspecified atom stereocenters. The Morgan fingerprint density at radius 3 is 2.82 bits per heavy atom. The van der Waals surface area contributed by atoms with Crippen molar-refractivity contribution in [2.75, 3.05) is 33.7 Å². The molecule has 0 saturated heterocycles. The molecule has 1 aliphatic heterocycles. The summed E-state index contributed by atoms with van der Waals surface area (Å²) in [5.74, 6) is 0. The summed E-state index contributed by atoms with van der Waals surface area (Å²) in [7, 11) is 4.16. The molecule has 4 heteroatoms. The summed E-state index contributed by atoms with van der Waals surface area (Å²) in [6.07, 6.45) is 0. The van der Waals surface area contributed by atoms with E-state index < -0.39 is 0 Å². The minimum Gasteiger partial charge on any atom is -0.364 e. The van der Waals surface area contributed by atoms with Crippen molar-refractivity contribution in [1.82, 2.24) is 10.2 Å². The number of hydrogen-bond donors (Lipinski definition) is 1. The first-order chi connectivity index (χ1) is 8.25. The fourth-order valence-electron chi connectivity index (χ4n) is 1.70. The number of hydrogen-bond acceptors (Lipinski definition) is 4. The largest absolute Gasteiger partial charge is 0.364 e. The van der Waals surface area contributed by atoms with E-state index in [2.05, 4.69) is 59.6 Å². The molecule has 1 aliphatic rings. The summed E-state index contributed by atoms with van der Waals surface area (Å²) in [5, 5.41) is 4.95. The summed E-state index contributed by atoms with van der Waals surface area (Å²) >= 11 is 1.84. The van der Waals surface area contributed by atoms with Gasteiger partial charge in [0.15, 0.2) is 5.17 Å². The standard InChI is InChI=1S/C13H19N3S/c1-16(2)9-8-14-13-15-10-12(17-13)11-6-4-3-5-7-11/h3-7,12H,8-10H2,1-2H3,(H,14,15). The molecule has 1 aromatic carbocycles. The maximum Gasteiger partial charge on any atom is 0.157 e. The molecular formula is C13H19N3S. The van der Waals surface area contributed by atoms with Gasteiger partial charge in [0.05, 0.1) is 11.8 Å². The van der Waals surface area contributed by atoms with E-state index >= 15 is 0 Å². The normalized spacial score (nSPS) is 19.5. The smallest absolute Gasteiger partial charge is 0.157 e. The number of benzene rings is 1. The molecule has 0 saturated carbocycles. The lowest BCUT2D eigenvalue weighted by molar-refractivity contribution is 0.413. The van der Waals surface area contributed by atoms with E-state index in [0.29, 0.717) is 5.25 Å². The molecular weight excluding hydrogens is 230 g/mol. The van der Waals surface area contributed by atoms with Crippen LogP contribution in [-0.4, -0.2) is 43.8 Å². The topological polar surface area (TPSA) is 27.6 Å². The Balaban J connectivity index is 1.79. The first-order valence-electron chi connectivity index (χ1n) is 5.90. The third-order valence-electron chi connectivity index (χ3n) is 2.66. The van der Waals surface area contributed by atoms with Crippen LogP contribution in [0.25, 0.3) is 0 Å². The van der Waals surface area contributed by atoms with Crippen molar-refractivity contribution in [3.63, 3.8) is 0 Å². The summed E-state index contributed by atoms with van der Waals surface area (Å²) in [6, 6.07) is 10.6. The molecule has 0 radical (unpaired) electrons. The zero-order chi connectivity index (χ0) is 12.1. The molecule has 0 aliphatic carbocycles. The molecule has 1 N–H and O–H groups in total. The van der Waals surface area contributed by atoms with E-state index in [-0.39, 0.29) is 0 Å². The first-order valence-corrected chi connectivity index (χ1v) is 6.78. The van der Waals surface area contributed by atoms with E-state index in [9.17, 15) is 0 Å². The van der Waals surface area contributed by atoms with Gasteiger partial charge in [-0.3, -0.25) is 4.99 Å². The second-order valence-corrected chi connectivity index (χ2v) is 5.58. The number of likely N-dealkylation sites (N-methyl/N-ethyl adjacent to an activating group) is 1. The Hall–Kier alpha value is -1.00. The minimum absolute atomic E-state index is 0.484. The van der Waals surface area contributed by atoms with Crippen molar-refractivity contribution >= 4 is 16.9 Å². The van der Waals surface area contributed by atoms with Crippen molar-refractivity contribution < 1.29 is 0 Å². The van der Waals surface area contributed by atoms with Crippen LogP contribution in [0.3, 0.4) is 0 Å². The van der Waals surface area contributed by atoms with Crippen LogP contribution in [0.2, 0.25) is 0 Å². The van der Waals surface area contributed by atoms with Crippen LogP contribution in [0.15, 0.2) is 35.3 Å². The van der Waals surface area contributed by atoms with Crippen molar-refractivity contribution in [3.05, 3.63) is 35.9 Å². The molecule has 0 fully saturated rings. The highest BCUT2D eigenvalue weighted by atomic mass is 32.2.